The largest absolute Gasteiger partial charge is 0.494 e. The van der Waals surface area contributed by atoms with E-state index in [0.717, 1.165) is 33.7 Å². The Morgan fingerprint density at radius 2 is 1.74 bits per heavy atom. The number of thioether (sulfide) groups is 1. The van der Waals surface area contributed by atoms with Gasteiger partial charge in [0, 0.05) is 34.8 Å². The Hall–Kier alpha value is -3.84. The summed E-state index contributed by atoms with van der Waals surface area (Å²) in [5, 5.41) is 10.5. The third-order valence-electron chi connectivity index (χ3n) is 5.53. The van der Waals surface area contributed by atoms with Crippen LogP contribution in [0.1, 0.15) is 28.7 Å². The summed E-state index contributed by atoms with van der Waals surface area (Å²) in [5.41, 5.74) is 3.73. The molecule has 1 N–H and O–H groups in total. The van der Waals surface area contributed by atoms with E-state index in [1.807, 2.05) is 78.2 Å². The van der Waals surface area contributed by atoms with Gasteiger partial charge < -0.3 is 9.72 Å². The van der Waals surface area contributed by atoms with Crippen molar-refractivity contribution in [2.24, 2.45) is 0 Å². The number of H-pyrrole nitrogens is 1. The summed E-state index contributed by atoms with van der Waals surface area (Å²) < 4.78 is 7.62. The lowest BCUT2D eigenvalue weighted by atomic mass is 10.1. The van der Waals surface area contributed by atoms with Crippen LogP contribution in [0, 0.1) is 0 Å². The number of aromatic amines is 1. The second kappa shape index (κ2) is 9.97. The van der Waals surface area contributed by atoms with Gasteiger partial charge in [-0.3, -0.25) is 9.36 Å². The first kappa shape index (κ1) is 22.0. The fourth-order valence-corrected chi connectivity index (χ4v) is 4.77. The van der Waals surface area contributed by atoms with Crippen molar-refractivity contribution in [2.45, 2.75) is 18.5 Å². The van der Waals surface area contributed by atoms with E-state index < -0.39 is 0 Å². The molecule has 0 aliphatic rings. The van der Waals surface area contributed by atoms with E-state index in [-0.39, 0.29) is 11.5 Å². The molecule has 170 valence electrons. The van der Waals surface area contributed by atoms with Gasteiger partial charge in [-0.15, -0.1) is 10.2 Å². The van der Waals surface area contributed by atoms with E-state index in [1.54, 1.807) is 6.20 Å². The summed E-state index contributed by atoms with van der Waals surface area (Å²) in [7, 11) is 0. The number of para-hydroxylation sites is 1. The lowest BCUT2D eigenvalue weighted by molar-refractivity contribution is 0.102. The van der Waals surface area contributed by atoms with Crippen LogP contribution in [0.3, 0.4) is 0 Å². The molecule has 0 radical (unpaired) electrons. The van der Waals surface area contributed by atoms with Crippen LogP contribution >= 0.6 is 11.8 Å². The van der Waals surface area contributed by atoms with Gasteiger partial charge in [0.25, 0.3) is 0 Å². The number of fused-ring (bicyclic) bond motifs is 1. The Morgan fingerprint density at radius 1 is 0.971 bits per heavy atom. The Morgan fingerprint density at radius 3 is 2.53 bits per heavy atom. The van der Waals surface area contributed by atoms with Crippen LogP contribution in [0.15, 0.2) is 90.2 Å². The molecule has 0 spiro atoms. The van der Waals surface area contributed by atoms with Crippen LogP contribution in [0.2, 0.25) is 0 Å². The fraction of sp³-hybridized carbons (Fsp3) is 0.148. The molecule has 0 saturated heterocycles. The second-order valence-electron chi connectivity index (χ2n) is 7.78. The van der Waals surface area contributed by atoms with E-state index in [1.165, 1.54) is 11.8 Å². The number of rotatable bonds is 9. The zero-order valence-electron chi connectivity index (χ0n) is 18.8. The zero-order chi connectivity index (χ0) is 23.3. The molecule has 0 saturated carbocycles. The summed E-state index contributed by atoms with van der Waals surface area (Å²) in [6, 6.07) is 25.9. The number of nitrogens with zero attached hydrogens (tertiary/aromatic N) is 3. The standard InChI is InChI=1S/C27H24N4O2S/c1-2-33-21-14-12-20(13-15-21)31-26(16-19-8-4-3-5-9-19)29-30-27(31)34-18-25(32)23-17-28-24-11-7-6-10-22(23)24/h3-15,17,28H,2,16,18H2,1H3. The first-order valence-corrected chi connectivity index (χ1v) is 12.1. The van der Waals surface area contributed by atoms with Crippen LogP contribution in [-0.4, -0.2) is 37.9 Å². The van der Waals surface area contributed by atoms with Gasteiger partial charge in [0.15, 0.2) is 10.9 Å². The summed E-state index contributed by atoms with van der Waals surface area (Å²) in [4.78, 5) is 16.2. The predicted octanol–water partition coefficient (Wildman–Crippen LogP) is 5.71. The average Bonchev–Trinajstić information content (AvgIpc) is 3.48. The molecule has 2 heterocycles. The smallest absolute Gasteiger partial charge is 0.196 e. The van der Waals surface area contributed by atoms with Crippen molar-refractivity contribution < 1.29 is 9.53 Å². The molecule has 0 fully saturated rings. The molecule has 7 heteroatoms. The third kappa shape index (κ3) is 4.61. The van der Waals surface area contributed by atoms with Gasteiger partial charge in [-0.05, 0) is 42.8 Å². The quantitative estimate of drug-likeness (QED) is 0.221. The number of benzene rings is 3. The topological polar surface area (TPSA) is 72.8 Å². The van der Waals surface area contributed by atoms with E-state index in [0.29, 0.717) is 23.7 Å². The monoisotopic (exact) mass is 468 g/mol. The van der Waals surface area contributed by atoms with Crippen molar-refractivity contribution in [1.29, 1.82) is 0 Å². The van der Waals surface area contributed by atoms with Crippen LogP contribution in [-0.2, 0) is 6.42 Å². The van der Waals surface area contributed by atoms with Crippen molar-refractivity contribution in [2.75, 3.05) is 12.4 Å². The zero-order valence-corrected chi connectivity index (χ0v) is 19.6. The Kier molecular flexibility index (Phi) is 6.44. The first-order chi connectivity index (χ1) is 16.7. The molecule has 2 aromatic heterocycles. The summed E-state index contributed by atoms with van der Waals surface area (Å²) in [5.74, 6) is 1.95. The van der Waals surface area contributed by atoms with E-state index in [9.17, 15) is 4.79 Å². The van der Waals surface area contributed by atoms with Gasteiger partial charge >= 0.3 is 0 Å². The fourth-order valence-electron chi connectivity index (χ4n) is 3.91. The van der Waals surface area contributed by atoms with Gasteiger partial charge in [-0.1, -0.05) is 60.3 Å². The number of ether oxygens (including phenoxy) is 1. The summed E-state index contributed by atoms with van der Waals surface area (Å²) in [6.45, 7) is 2.58. The van der Waals surface area contributed by atoms with Crippen LogP contribution < -0.4 is 4.74 Å². The lowest BCUT2D eigenvalue weighted by Gasteiger charge is -2.11. The van der Waals surface area contributed by atoms with Crippen molar-refractivity contribution in [1.82, 2.24) is 19.7 Å². The Bertz CT molecular complexity index is 1410. The van der Waals surface area contributed by atoms with Crippen LogP contribution in [0.4, 0.5) is 0 Å². The number of carbonyl (C=O) groups is 1. The molecule has 5 rings (SSSR count). The second-order valence-corrected chi connectivity index (χ2v) is 8.73. The van der Waals surface area contributed by atoms with Crippen molar-refractivity contribution >= 4 is 28.4 Å². The molecule has 0 aliphatic heterocycles. The SMILES string of the molecule is CCOc1ccc(-n2c(Cc3ccccc3)nnc2SCC(=O)c2c[nH]c3ccccc23)cc1. The maximum atomic E-state index is 13.0. The minimum Gasteiger partial charge on any atom is -0.494 e. The molecule has 0 amide bonds. The minimum atomic E-state index is 0.0494. The maximum Gasteiger partial charge on any atom is 0.196 e. The molecule has 3 aromatic carbocycles. The molecule has 0 bridgehead atoms. The van der Waals surface area contributed by atoms with Gasteiger partial charge in [-0.25, -0.2) is 0 Å². The van der Waals surface area contributed by atoms with E-state index in [2.05, 4.69) is 27.3 Å². The Labute approximate surface area is 202 Å². The first-order valence-electron chi connectivity index (χ1n) is 11.2. The van der Waals surface area contributed by atoms with E-state index >= 15 is 0 Å². The van der Waals surface area contributed by atoms with Crippen molar-refractivity contribution in [3.05, 3.63) is 102 Å². The summed E-state index contributed by atoms with van der Waals surface area (Å²) in [6.07, 6.45) is 2.42. The highest BCUT2D eigenvalue weighted by atomic mass is 32.2. The molecular weight excluding hydrogens is 444 g/mol. The van der Waals surface area contributed by atoms with Gasteiger partial charge in [0.1, 0.15) is 11.6 Å². The summed E-state index contributed by atoms with van der Waals surface area (Å²) >= 11 is 1.40. The molecule has 0 atom stereocenters. The number of nitrogens with one attached hydrogen (secondary N) is 1. The average molecular weight is 469 g/mol. The molecule has 0 unspecified atom stereocenters. The molecular formula is C27H24N4O2S. The number of carbonyl (C=O) groups excluding carboxylic acids is 1. The highest BCUT2D eigenvalue weighted by Gasteiger charge is 2.18. The van der Waals surface area contributed by atoms with Gasteiger partial charge in [0.05, 0.1) is 12.4 Å². The van der Waals surface area contributed by atoms with Gasteiger partial charge in [0.2, 0.25) is 0 Å². The predicted molar refractivity (Wildman–Crippen MR) is 135 cm³/mol. The minimum absolute atomic E-state index is 0.0494. The molecule has 34 heavy (non-hydrogen) atoms. The molecule has 5 aromatic rings. The molecule has 6 nitrogen and oxygen atoms in total. The van der Waals surface area contributed by atoms with Crippen molar-refractivity contribution in [3.63, 3.8) is 0 Å². The van der Waals surface area contributed by atoms with Crippen LogP contribution in [0.25, 0.3) is 16.6 Å². The van der Waals surface area contributed by atoms with Gasteiger partial charge in [-0.2, -0.15) is 0 Å². The highest BCUT2D eigenvalue weighted by molar-refractivity contribution is 7.99. The number of hydrogen-bond donors (Lipinski definition) is 1. The van der Waals surface area contributed by atoms with Crippen molar-refractivity contribution in [3.8, 4) is 11.4 Å². The number of ketones is 1. The van der Waals surface area contributed by atoms with Crippen LogP contribution in [0.5, 0.6) is 5.75 Å². The Balaban J connectivity index is 1.43. The highest BCUT2D eigenvalue weighted by Crippen LogP contribution is 2.27. The molecule has 0 aliphatic carbocycles. The lowest BCUT2D eigenvalue weighted by Crippen LogP contribution is -2.06. The van der Waals surface area contributed by atoms with E-state index in [4.69, 9.17) is 4.74 Å². The normalized spacial score (nSPS) is 11.1. The maximum absolute atomic E-state index is 13.0. The third-order valence-corrected chi connectivity index (χ3v) is 6.46. The number of Topliss-reactive ketones (excluding diaryl/α,β-unsaturated/α-hetero) is 1. The number of aromatic nitrogens is 4. The number of hydrogen-bond acceptors (Lipinski definition) is 5.